The maximum atomic E-state index is 14.2. The summed E-state index contributed by atoms with van der Waals surface area (Å²) in [6.07, 6.45) is 0.591. The molecule has 0 spiro atoms. The molecule has 2 aliphatic rings. The molecule has 1 fully saturated rings. The van der Waals surface area contributed by atoms with E-state index >= 15 is 0 Å². The first-order valence-corrected chi connectivity index (χ1v) is 11.0. The van der Waals surface area contributed by atoms with E-state index in [0.717, 1.165) is 33.4 Å². The number of nitrogens with zero attached hydrogens (tertiary/aromatic N) is 1. The molecule has 0 unspecified atom stereocenters. The fraction of sp³-hybridized carbons (Fsp3) is 0.138. The Bertz CT molecular complexity index is 1280. The van der Waals surface area contributed by atoms with Crippen LogP contribution in [0.3, 0.4) is 0 Å². The molecule has 0 saturated carbocycles. The van der Waals surface area contributed by atoms with Gasteiger partial charge in [-0.05, 0) is 28.3 Å². The summed E-state index contributed by atoms with van der Waals surface area (Å²) in [5.74, 6) is 0.0130. The first-order valence-electron chi connectivity index (χ1n) is 11.0. The van der Waals surface area contributed by atoms with E-state index in [1.165, 1.54) is 0 Å². The lowest BCUT2D eigenvalue weighted by molar-refractivity contribution is -0.0750. The number of ether oxygens (including phenoxy) is 1. The molecule has 3 nitrogen and oxygen atoms in total. The van der Waals surface area contributed by atoms with Crippen molar-refractivity contribution < 1.29 is 9.53 Å². The zero-order valence-corrected chi connectivity index (χ0v) is 17.6. The number of benzene rings is 4. The van der Waals surface area contributed by atoms with Gasteiger partial charge in [0.25, 0.3) is 5.91 Å². The lowest BCUT2D eigenvalue weighted by Gasteiger charge is -2.39. The summed E-state index contributed by atoms with van der Waals surface area (Å²) in [4.78, 5) is 16.2. The second kappa shape index (κ2) is 7.47. The van der Waals surface area contributed by atoms with E-state index in [0.29, 0.717) is 13.0 Å². The second-order valence-electron chi connectivity index (χ2n) is 8.45. The highest BCUT2D eigenvalue weighted by atomic mass is 16.5. The molecule has 1 amide bonds. The third-order valence-electron chi connectivity index (χ3n) is 6.67. The molecule has 4 aromatic carbocycles. The van der Waals surface area contributed by atoms with Crippen molar-refractivity contribution in [3.05, 3.63) is 131 Å². The second-order valence-corrected chi connectivity index (χ2v) is 8.45. The van der Waals surface area contributed by atoms with E-state index in [2.05, 4.69) is 36.4 Å². The maximum Gasteiger partial charge on any atom is 0.257 e. The minimum absolute atomic E-state index is 0.0130. The molecule has 0 bridgehead atoms. The summed E-state index contributed by atoms with van der Waals surface area (Å²) < 4.78 is 6.73. The van der Waals surface area contributed by atoms with Gasteiger partial charge in [-0.2, -0.15) is 0 Å². The first-order chi connectivity index (χ1) is 15.8. The van der Waals surface area contributed by atoms with E-state index < -0.39 is 5.72 Å². The van der Waals surface area contributed by atoms with Crippen LogP contribution in [0.1, 0.15) is 33.1 Å². The predicted molar refractivity (Wildman–Crippen MR) is 125 cm³/mol. The normalized spacial score (nSPS) is 21.4. The van der Waals surface area contributed by atoms with Gasteiger partial charge in [0.05, 0.1) is 12.6 Å². The van der Waals surface area contributed by atoms with Crippen LogP contribution < -0.4 is 0 Å². The van der Waals surface area contributed by atoms with Crippen LogP contribution in [0.15, 0.2) is 109 Å². The topological polar surface area (TPSA) is 29.5 Å². The van der Waals surface area contributed by atoms with Crippen LogP contribution in [0.5, 0.6) is 0 Å². The highest BCUT2D eigenvalue weighted by Crippen LogP contribution is 2.51. The number of carbonyl (C=O) groups excluding carboxylic acids is 1. The molecule has 3 heteroatoms. The SMILES string of the molecule is O=C1c2ccccc2-c2ccccc2[C@]2(Cc3ccccc3)OC[C@@H](c3ccccc3)N12. The Kier molecular flexibility index (Phi) is 4.44. The van der Waals surface area contributed by atoms with Crippen LogP contribution in [0, 0.1) is 0 Å². The van der Waals surface area contributed by atoms with E-state index in [9.17, 15) is 4.79 Å². The van der Waals surface area contributed by atoms with Crippen LogP contribution in [0.2, 0.25) is 0 Å². The van der Waals surface area contributed by atoms with Crippen molar-refractivity contribution in [1.29, 1.82) is 0 Å². The van der Waals surface area contributed by atoms with Crippen LogP contribution in [-0.4, -0.2) is 17.4 Å². The molecule has 156 valence electrons. The Morgan fingerprint density at radius 3 is 2.06 bits per heavy atom. The van der Waals surface area contributed by atoms with Crippen molar-refractivity contribution in [3.63, 3.8) is 0 Å². The Labute approximate surface area is 187 Å². The first kappa shape index (κ1) is 19.0. The van der Waals surface area contributed by atoms with Crippen molar-refractivity contribution in [2.24, 2.45) is 0 Å². The minimum atomic E-state index is -0.880. The molecule has 2 atom stereocenters. The zero-order chi connectivity index (χ0) is 21.5. The van der Waals surface area contributed by atoms with Crippen molar-refractivity contribution in [2.45, 2.75) is 18.2 Å². The van der Waals surface area contributed by atoms with Gasteiger partial charge >= 0.3 is 0 Å². The molecule has 0 aliphatic carbocycles. The van der Waals surface area contributed by atoms with Crippen LogP contribution in [0.25, 0.3) is 11.1 Å². The molecule has 0 aromatic heterocycles. The number of hydrogen-bond acceptors (Lipinski definition) is 2. The van der Waals surface area contributed by atoms with Gasteiger partial charge in [-0.3, -0.25) is 9.69 Å². The molecular weight excluding hydrogens is 394 g/mol. The predicted octanol–water partition coefficient (Wildman–Crippen LogP) is 5.98. The molecule has 2 aliphatic heterocycles. The summed E-state index contributed by atoms with van der Waals surface area (Å²) >= 11 is 0. The standard InChI is InChI=1S/C29H23NO2/c31-28-25-17-8-7-15-23(25)24-16-9-10-18-26(24)29(19-21-11-3-1-4-12-21)30(28)27(20-32-29)22-13-5-2-6-14-22/h1-18,27H,19-20H2/t27-,29-/m0/s1. The quantitative estimate of drug-likeness (QED) is 0.411. The molecule has 32 heavy (non-hydrogen) atoms. The largest absolute Gasteiger partial charge is 0.348 e. The van der Waals surface area contributed by atoms with Crippen molar-refractivity contribution in [3.8, 4) is 11.1 Å². The van der Waals surface area contributed by atoms with Gasteiger partial charge in [0.1, 0.15) is 0 Å². The molecule has 0 radical (unpaired) electrons. The summed E-state index contributed by atoms with van der Waals surface area (Å²) in [6, 6.07) is 36.6. The monoisotopic (exact) mass is 417 g/mol. The summed E-state index contributed by atoms with van der Waals surface area (Å²) in [5.41, 5.74) is 5.14. The third-order valence-corrected chi connectivity index (χ3v) is 6.67. The van der Waals surface area contributed by atoms with Gasteiger partial charge in [0.2, 0.25) is 0 Å². The van der Waals surface area contributed by atoms with E-state index in [1.54, 1.807) is 0 Å². The smallest absolute Gasteiger partial charge is 0.257 e. The number of hydrogen-bond donors (Lipinski definition) is 0. The average Bonchev–Trinajstić information content (AvgIpc) is 3.21. The van der Waals surface area contributed by atoms with Gasteiger partial charge in [0, 0.05) is 17.5 Å². The minimum Gasteiger partial charge on any atom is -0.348 e. The molecule has 2 heterocycles. The highest BCUT2D eigenvalue weighted by molar-refractivity contribution is 6.03. The van der Waals surface area contributed by atoms with E-state index in [1.807, 2.05) is 77.7 Å². The van der Waals surface area contributed by atoms with Gasteiger partial charge in [-0.1, -0.05) is 103 Å². The number of carbonyl (C=O) groups is 1. The highest BCUT2D eigenvalue weighted by Gasteiger charge is 2.54. The Balaban J connectivity index is 1.63. The molecule has 4 aromatic rings. The molecule has 1 saturated heterocycles. The van der Waals surface area contributed by atoms with Crippen LogP contribution in [-0.2, 0) is 16.9 Å². The number of fused-ring (bicyclic) bond motifs is 5. The lowest BCUT2D eigenvalue weighted by Crippen LogP contribution is -2.47. The van der Waals surface area contributed by atoms with Crippen molar-refractivity contribution >= 4 is 5.91 Å². The fourth-order valence-electron chi connectivity index (χ4n) is 5.24. The Morgan fingerprint density at radius 1 is 0.719 bits per heavy atom. The Hall–Kier alpha value is -3.69. The molecule has 6 rings (SSSR count). The maximum absolute atomic E-state index is 14.2. The van der Waals surface area contributed by atoms with Gasteiger partial charge in [-0.25, -0.2) is 0 Å². The van der Waals surface area contributed by atoms with Crippen molar-refractivity contribution in [2.75, 3.05) is 6.61 Å². The summed E-state index contributed by atoms with van der Waals surface area (Å²) in [5, 5.41) is 0. The van der Waals surface area contributed by atoms with Crippen molar-refractivity contribution in [1.82, 2.24) is 4.90 Å². The number of rotatable bonds is 3. The molecular formula is C29H23NO2. The van der Waals surface area contributed by atoms with Gasteiger partial charge < -0.3 is 4.74 Å². The van der Waals surface area contributed by atoms with E-state index in [4.69, 9.17) is 4.74 Å². The van der Waals surface area contributed by atoms with Crippen LogP contribution in [0.4, 0.5) is 0 Å². The number of amides is 1. The van der Waals surface area contributed by atoms with Gasteiger partial charge in [0.15, 0.2) is 5.72 Å². The zero-order valence-electron chi connectivity index (χ0n) is 17.6. The average molecular weight is 418 g/mol. The third kappa shape index (κ3) is 2.82. The summed E-state index contributed by atoms with van der Waals surface area (Å²) in [7, 11) is 0. The molecule has 0 N–H and O–H groups in total. The fourth-order valence-corrected chi connectivity index (χ4v) is 5.24. The summed E-state index contributed by atoms with van der Waals surface area (Å²) in [6.45, 7) is 0.457. The lowest BCUT2D eigenvalue weighted by atomic mass is 9.88. The van der Waals surface area contributed by atoms with Crippen LogP contribution >= 0.6 is 0 Å². The van der Waals surface area contributed by atoms with E-state index in [-0.39, 0.29) is 11.9 Å². The van der Waals surface area contributed by atoms with Gasteiger partial charge in [-0.15, -0.1) is 0 Å². The Morgan fingerprint density at radius 2 is 1.31 bits per heavy atom.